The number of esters is 1. The molecule has 0 aliphatic carbocycles. The van der Waals surface area contributed by atoms with Gasteiger partial charge in [0.25, 0.3) is 0 Å². The molecule has 0 aliphatic rings. The van der Waals surface area contributed by atoms with Crippen molar-refractivity contribution in [3.8, 4) is 0 Å². The van der Waals surface area contributed by atoms with Gasteiger partial charge in [0.15, 0.2) is 0 Å². The molecular formula is C13H17N3O2S. The van der Waals surface area contributed by atoms with E-state index in [9.17, 15) is 4.79 Å². The Bertz CT molecular complexity index is 548. The fourth-order valence-electron chi connectivity index (χ4n) is 1.60. The number of carbonyl (C=O) groups is 1. The maximum atomic E-state index is 11.6. The van der Waals surface area contributed by atoms with Crippen LogP contribution in [0, 0.1) is 6.92 Å². The van der Waals surface area contributed by atoms with Gasteiger partial charge in [-0.2, -0.15) is 5.10 Å². The maximum absolute atomic E-state index is 11.6. The molecule has 0 fully saturated rings. The minimum Gasteiger partial charge on any atom is -0.459 e. The molecule has 0 spiro atoms. The van der Waals surface area contributed by atoms with Crippen molar-refractivity contribution in [2.45, 2.75) is 39.8 Å². The predicted molar refractivity (Wildman–Crippen MR) is 72.9 cm³/mol. The molecule has 19 heavy (non-hydrogen) atoms. The summed E-state index contributed by atoms with van der Waals surface area (Å²) in [4.78, 5) is 15.9. The second-order valence-corrected chi connectivity index (χ2v) is 5.22. The van der Waals surface area contributed by atoms with E-state index in [-0.39, 0.29) is 12.6 Å². The molecule has 0 amide bonds. The molecular weight excluding hydrogens is 262 g/mol. The van der Waals surface area contributed by atoms with Gasteiger partial charge >= 0.3 is 5.97 Å². The van der Waals surface area contributed by atoms with Gasteiger partial charge in [0.1, 0.15) is 6.61 Å². The molecule has 0 unspecified atom stereocenters. The lowest BCUT2D eigenvalue weighted by Gasteiger charge is -2.03. The Hall–Kier alpha value is -1.69. The largest absolute Gasteiger partial charge is 0.459 e. The van der Waals surface area contributed by atoms with E-state index >= 15 is 0 Å². The number of hydrogen-bond donors (Lipinski definition) is 0. The Morgan fingerprint density at radius 3 is 3.00 bits per heavy atom. The Kier molecular flexibility index (Phi) is 4.68. The van der Waals surface area contributed by atoms with Crippen LogP contribution in [0.5, 0.6) is 0 Å². The van der Waals surface area contributed by atoms with Gasteiger partial charge in [-0.1, -0.05) is 6.92 Å². The van der Waals surface area contributed by atoms with Crippen LogP contribution in [0.2, 0.25) is 0 Å². The lowest BCUT2D eigenvalue weighted by atomic mass is 10.4. The first-order chi connectivity index (χ1) is 9.17. The summed E-state index contributed by atoms with van der Waals surface area (Å²) < 4.78 is 6.92. The maximum Gasteiger partial charge on any atom is 0.308 e. The lowest BCUT2D eigenvalue weighted by molar-refractivity contribution is -0.145. The number of rotatable bonds is 6. The number of aromatic nitrogens is 3. The molecule has 0 radical (unpaired) electrons. The summed E-state index contributed by atoms with van der Waals surface area (Å²) in [5.41, 5.74) is 1.91. The summed E-state index contributed by atoms with van der Waals surface area (Å²) in [5.74, 6) is -0.223. The zero-order valence-electron chi connectivity index (χ0n) is 11.1. The lowest BCUT2D eigenvalue weighted by Crippen LogP contribution is -2.09. The Morgan fingerprint density at radius 2 is 2.37 bits per heavy atom. The topological polar surface area (TPSA) is 57.0 Å². The summed E-state index contributed by atoms with van der Waals surface area (Å²) in [5, 5.41) is 7.12. The van der Waals surface area contributed by atoms with Gasteiger partial charge in [0.05, 0.1) is 29.9 Å². The number of hydrogen-bond acceptors (Lipinski definition) is 5. The monoisotopic (exact) mass is 279 g/mol. The third kappa shape index (κ3) is 4.17. The van der Waals surface area contributed by atoms with Crippen molar-refractivity contribution in [1.29, 1.82) is 0 Å². The van der Waals surface area contributed by atoms with Crippen LogP contribution >= 0.6 is 11.3 Å². The summed E-state index contributed by atoms with van der Waals surface area (Å²) in [6.07, 6.45) is 4.91. The van der Waals surface area contributed by atoms with Crippen LogP contribution in [0.1, 0.15) is 29.6 Å². The van der Waals surface area contributed by atoms with Gasteiger partial charge in [-0.3, -0.25) is 9.48 Å². The fraction of sp³-hybridized carbons (Fsp3) is 0.462. The van der Waals surface area contributed by atoms with E-state index in [4.69, 9.17) is 4.74 Å². The molecule has 2 aromatic rings. The van der Waals surface area contributed by atoms with Crippen molar-refractivity contribution in [2.75, 3.05) is 0 Å². The summed E-state index contributed by atoms with van der Waals surface area (Å²) in [6, 6.07) is 0. The zero-order valence-corrected chi connectivity index (χ0v) is 11.9. The first-order valence-electron chi connectivity index (χ1n) is 6.25. The normalized spacial score (nSPS) is 10.6. The summed E-state index contributed by atoms with van der Waals surface area (Å²) >= 11 is 1.60. The molecule has 2 aromatic heterocycles. The van der Waals surface area contributed by atoms with Crippen LogP contribution < -0.4 is 0 Å². The second kappa shape index (κ2) is 6.47. The molecule has 2 heterocycles. The fourth-order valence-corrected chi connectivity index (χ4v) is 2.33. The van der Waals surface area contributed by atoms with Gasteiger partial charge in [-0.15, -0.1) is 11.3 Å². The molecule has 102 valence electrons. The van der Waals surface area contributed by atoms with Gasteiger partial charge in [0, 0.05) is 11.6 Å². The highest BCUT2D eigenvalue weighted by Gasteiger charge is 2.06. The number of aryl methyl sites for hydroxylation is 3. The molecule has 5 nitrogen and oxygen atoms in total. The molecule has 0 aromatic carbocycles. The van der Waals surface area contributed by atoms with E-state index in [0.29, 0.717) is 13.0 Å². The van der Waals surface area contributed by atoms with E-state index in [2.05, 4.69) is 17.0 Å². The highest BCUT2D eigenvalue weighted by molar-refractivity contribution is 7.09. The molecule has 0 bridgehead atoms. The van der Waals surface area contributed by atoms with Crippen LogP contribution in [-0.2, 0) is 29.1 Å². The highest BCUT2D eigenvalue weighted by Crippen LogP contribution is 2.11. The standard InChI is InChI=1S/C13H17N3O2S/c1-3-12-15-11(9-19-12)8-18-13(17)4-5-16-7-10(2)6-14-16/h6-7,9H,3-5,8H2,1-2H3. The van der Waals surface area contributed by atoms with Crippen molar-refractivity contribution in [3.05, 3.63) is 34.0 Å². The third-order valence-electron chi connectivity index (χ3n) is 2.59. The molecule has 6 heteroatoms. The van der Waals surface area contributed by atoms with E-state index in [1.54, 1.807) is 22.2 Å². The summed E-state index contributed by atoms with van der Waals surface area (Å²) in [7, 11) is 0. The van der Waals surface area contributed by atoms with Crippen LogP contribution in [0.4, 0.5) is 0 Å². The Balaban J connectivity index is 1.72. The van der Waals surface area contributed by atoms with E-state index in [1.807, 2.05) is 18.5 Å². The van der Waals surface area contributed by atoms with E-state index < -0.39 is 0 Å². The predicted octanol–water partition coefficient (Wildman–Crippen LogP) is 2.34. The average Bonchev–Trinajstić information content (AvgIpc) is 3.02. The van der Waals surface area contributed by atoms with Crippen LogP contribution in [0.25, 0.3) is 0 Å². The molecule has 0 aliphatic heterocycles. The van der Waals surface area contributed by atoms with Gasteiger partial charge in [-0.25, -0.2) is 4.98 Å². The number of carbonyl (C=O) groups excluding carboxylic acids is 1. The van der Waals surface area contributed by atoms with Gasteiger partial charge in [-0.05, 0) is 18.9 Å². The zero-order chi connectivity index (χ0) is 13.7. The third-order valence-corrected chi connectivity index (χ3v) is 3.63. The first-order valence-corrected chi connectivity index (χ1v) is 7.13. The quantitative estimate of drug-likeness (QED) is 0.762. The second-order valence-electron chi connectivity index (χ2n) is 4.28. The van der Waals surface area contributed by atoms with Crippen LogP contribution in [0.15, 0.2) is 17.8 Å². The van der Waals surface area contributed by atoms with Crippen molar-refractivity contribution >= 4 is 17.3 Å². The Morgan fingerprint density at radius 1 is 1.53 bits per heavy atom. The highest BCUT2D eigenvalue weighted by atomic mass is 32.1. The van der Waals surface area contributed by atoms with E-state index in [0.717, 1.165) is 22.7 Å². The first kappa shape index (κ1) is 13.7. The van der Waals surface area contributed by atoms with Gasteiger partial charge < -0.3 is 4.74 Å². The minimum atomic E-state index is -0.223. The van der Waals surface area contributed by atoms with Crippen molar-refractivity contribution in [3.63, 3.8) is 0 Å². The Labute approximate surface area is 116 Å². The summed E-state index contributed by atoms with van der Waals surface area (Å²) in [6.45, 7) is 4.83. The number of thiazole rings is 1. The molecule has 0 saturated carbocycles. The number of nitrogens with zero attached hydrogens (tertiary/aromatic N) is 3. The smallest absolute Gasteiger partial charge is 0.308 e. The molecule has 2 rings (SSSR count). The molecule has 0 saturated heterocycles. The van der Waals surface area contributed by atoms with Crippen LogP contribution in [-0.4, -0.2) is 20.7 Å². The van der Waals surface area contributed by atoms with Crippen molar-refractivity contribution in [2.24, 2.45) is 0 Å². The van der Waals surface area contributed by atoms with Crippen LogP contribution in [0.3, 0.4) is 0 Å². The molecule has 0 atom stereocenters. The average molecular weight is 279 g/mol. The van der Waals surface area contributed by atoms with Crippen molar-refractivity contribution in [1.82, 2.24) is 14.8 Å². The SMILES string of the molecule is CCc1nc(COC(=O)CCn2cc(C)cn2)cs1. The van der Waals surface area contributed by atoms with Gasteiger partial charge in [0.2, 0.25) is 0 Å². The van der Waals surface area contributed by atoms with Crippen molar-refractivity contribution < 1.29 is 9.53 Å². The van der Waals surface area contributed by atoms with E-state index in [1.165, 1.54) is 0 Å². The number of ether oxygens (including phenoxy) is 1. The minimum absolute atomic E-state index is 0.223. The molecule has 0 N–H and O–H groups in total.